The normalized spacial score (nSPS) is 15.1. The Bertz CT molecular complexity index is 535. The van der Waals surface area contributed by atoms with Gasteiger partial charge in [0.2, 0.25) is 5.91 Å². The lowest BCUT2D eigenvalue weighted by Crippen LogP contribution is -2.36. The topological polar surface area (TPSA) is 61.4 Å². The number of anilines is 1. The van der Waals surface area contributed by atoms with Crippen LogP contribution in [0.2, 0.25) is 0 Å². The van der Waals surface area contributed by atoms with Gasteiger partial charge >= 0.3 is 0 Å². The van der Waals surface area contributed by atoms with Crippen molar-refractivity contribution in [3.63, 3.8) is 0 Å². The van der Waals surface area contributed by atoms with Crippen molar-refractivity contribution in [3.05, 3.63) is 29.3 Å². The molecule has 2 amide bonds. The molecule has 1 heterocycles. The highest BCUT2D eigenvalue weighted by Gasteiger charge is 2.16. The largest absolute Gasteiger partial charge is 0.376 e. The van der Waals surface area contributed by atoms with Crippen LogP contribution < -0.4 is 10.6 Å². The number of carbonyl (C=O) groups is 2. The Morgan fingerprint density at radius 1 is 1.14 bits per heavy atom. The van der Waals surface area contributed by atoms with Crippen molar-refractivity contribution in [1.29, 1.82) is 0 Å². The van der Waals surface area contributed by atoms with Gasteiger partial charge in [-0.15, -0.1) is 0 Å². The third-order valence-electron chi connectivity index (χ3n) is 4.04. The van der Waals surface area contributed by atoms with E-state index >= 15 is 0 Å². The van der Waals surface area contributed by atoms with Crippen LogP contribution >= 0.6 is 0 Å². The number of rotatable bonds is 4. The Kier molecular flexibility index (Phi) is 5.81. The average Bonchev–Trinajstić information content (AvgIpc) is 2.81. The van der Waals surface area contributed by atoms with Crippen LogP contribution in [0.5, 0.6) is 0 Å². The fraction of sp³-hybridized carbons (Fsp3) is 0.529. The van der Waals surface area contributed by atoms with Crippen molar-refractivity contribution >= 4 is 17.5 Å². The number of nitrogens with one attached hydrogen (secondary N) is 2. The minimum absolute atomic E-state index is 0.102. The number of nitrogens with zero attached hydrogens (tertiary/aromatic N) is 1. The maximum Gasteiger partial charge on any atom is 0.253 e. The molecule has 0 radical (unpaired) electrons. The molecule has 0 atom stereocenters. The quantitative estimate of drug-likeness (QED) is 0.896. The van der Waals surface area contributed by atoms with Crippen molar-refractivity contribution in [2.24, 2.45) is 0 Å². The summed E-state index contributed by atoms with van der Waals surface area (Å²) >= 11 is 0. The molecule has 2 N–H and O–H groups in total. The molecular weight excluding hydrogens is 278 g/mol. The van der Waals surface area contributed by atoms with Crippen molar-refractivity contribution in [2.45, 2.75) is 32.6 Å². The second-order valence-electron chi connectivity index (χ2n) is 5.78. The highest BCUT2D eigenvalue weighted by Crippen LogP contribution is 2.17. The van der Waals surface area contributed by atoms with Gasteiger partial charge in [-0.3, -0.25) is 9.59 Å². The molecule has 0 aromatic heterocycles. The number of hydrogen-bond donors (Lipinski definition) is 2. The molecule has 0 saturated carbocycles. The molecule has 0 unspecified atom stereocenters. The van der Waals surface area contributed by atoms with E-state index in [-0.39, 0.29) is 18.4 Å². The first-order valence-electron chi connectivity index (χ1n) is 7.96. The van der Waals surface area contributed by atoms with Gasteiger partial charge in [-0.05, 0) is 31.9 Å². The number of likely N-dealkylation sites (tertiary alicyclic amines) is 1. The highest BCUT2D eigenvalue weighted by atomic mass is 16.2. The summed E-state index contributed by atoms with van der Waals surface area (Å²) in [5.41, 5.74) is 2.29. The molecule has 1 saturated heterocycles. The van der Waals surface area contributed by atoms with E-state index in [0.29, 0.717) is 11.3 Å². The van der Waals surface area contributed by atoms with Crippen LogP contribution in [0.4, 0.5) is 5.69 Å². The molecular formula is C17H25N3O2. The van der Waals surface area contributed by atoms with Crippen LogP contribution in [0.15, 0.2) is 18.2 Å². The molecule has 5 nitrogen and oxygen atoms in total. The van der Waals surface area contributed by atoms with E-state index in [0.717, 1.165) is 31.5 Å². The van der Waals surface area contributed by atoms with Gasteiger partial charge < -0.3 is 15.5 Å². The van der Waals surface area contributed by atoms with Crippen LogP contribution in [0.3, 0.4) is 0 Å². The lowest BCUT2D eigenvalue weighted by Gasteiger charge is -2.21. The van der Waals surface area contributed by atoms with E-state index < -0.39 is 0 Å². The van der Waals surface area contributed by atoms with Crippen molar-refractivity contribution < 1.29 is 9.59 Å². The molecule has 120 valence electrons. The summed E-state index contributed by atoms with van der Waals surface area (Å²) in [5, 5.41) is 5.76. The summed E-state index contributed by atoms with van der Waals surface area (Å²) in [6, 6.07) is 5.62. The van der Waals surface area contributed by atoms with E-state index in [2.05, 4.69) is 10.6 Å². The zero-order valence-electron chi connectivity index (χ0n) is 13.4. The predicted octanol–water partition coefficient (Wildman–Crippen LogP) is 2.17. The highest BCUT2D eigenvalue weighted by molar-refractivity contribution is 6.00. The van der Waals surface area contributed by atoms with Gasteiger partial charge in [0, 0.05) is 25.8 Å². The monoisotopic (exact) mass is 303 g/mol. The molecule has 2 rings (SSSR count). The lowest BCUT2D eigenvalue weighted by molar-refractivity contribution is -0.129. The van der Waals surface area contributed by atoms with Gasteiger partial charge in [-0.25, -0.2) is 0 Å². The number of amides is 2. The SMILES string of the molecule is CNC(=O)c1cc(C)ccc1NCC(=O)N1CCCCCC1. The van der Waals surface area contributed by atoms with Gasteiger partial charge in [0.15, 0.2) is 0 Å². The summed E-state index contributed by atoms with van der Waals surface area (Å²) in [7, 11) is 1.61. The van der Waals surface area contributed by atoms with Crippen molar-refractivity contribution in [3.8, 4) is 0 Å². The fourth-order valence-corrected chi connectivity index (χ4v) is 2.74. The molecule has 0 spiro atoms. The van der Waals surface area contributed by atoms with Crippen molar-refractivity contribution in [2.75, 3.05) is 32.0 Å². The summed E-state index contributed by atoms with van der Waals surface area (Å²) < 4.78 is 0. The first kappa shape index (κ1) is 16.3. The standard InChI is InChI=1S/C17H25N3O2/c1-13-7-8-15(14(11-13)17(22)18-2)19-12-16(21)20-9-5-3-4-6-10-20/h7-8,11,19H,3-6,9-10,12H2,1-2H3,(H,18,22). The van der Waals surface area contributed by atoms with Gasteiger partial charge in [-0.2, -0.15) is 0 Å². The van der Waals surface area contributed by atoms with E-state index in [1.165, 1.54) is 12.8 Å². The number of hydrogen-bond acceptors (Lipinski definition) is 3. The van der Waals surface area contributed by atoms with Gasteiger partial charge in [-0.1, -0.05) is 24.5 Å². The minimum Gasteiger partial charge on any atom is -0.376 e. The summed E-state index contributed by atoms with van der Waals surface area (Å²) in [5.74, 6) is -0.0428. The molecule has 1 aliphatic heterocycles. The molecule has 22 heavy (non-hydrogen) atoms. The van der Waals surface area contributed by atoms with Gasteiger partial charge in [0.25, 0.3) is 5.91 Å². The average molecular weight is 303 g/mol. The van der Waals surface area contributed by atoms with Crippen LogP contribution in [-0.2, 0) is 4.79 Å². The smallest absolute Gasteiger partial charge is 0.253 e. The van der Waals surface area contributed by atoms with Gasteiger partial charge in [0.05, 0.1) is 12.1 Å². The maximum absolute atomic E-state index is 12.3. The Morgan fingerprint density at radius 2 is 1.82 bits per heavy atom. The van der Waals surface area contributed by atoms with E-state index in [9.17, 15) is 9.59 Å². The van der Waals surface area contributed by atoms with E-state index in [1.807, 2.05) is 30.0 Å². The summed E-state index contributed by atoms with van der Waals surface area (Å²) in [4.78, 5) is 26.2. The second-order valence-corrected chi connectivity index (χ2v) is 5.78. The van der Waals surface area contributed by atoms with Crippen LogP contribution in [0, 0.1) is 6.92 Å². The Labute approximate surface area is 132 Å². The number of benzene rings is 1. The first-order valence-corrected chi connectivity index (χ1v) is 7.96. The maximum atomic E-state index is 12.3. The molecule has 0 bridgehead atoms. The zero-order chi connectivity index (χ0) is 15.9. The fourth-order valence-electron chi connectivity index (χ4n) is 2.74. The van der Waals surface area contributed by atoms with Crippen molar-refractivity contribution in [1.82, 2.24) is 10.2 Å². The number of carbonyl (C=O) groups excluding carboxylic acids is 2. The third-order valence-corrected chi connectivity index (χ3v) is 4.04. The van der Waals surface area contributed by atoms with E-state index in [4.69, 9.17) is 0 Å². The van der Waals surface area contributed by atoms with E-state index in [1.54, 1.807) is 7.05 Å². The minimum atomic E-state index is -0.145. The molecule has 1 fully saturated rings. The molecule has 0 aliphatic carbocycles. The van der Waals surface area contributed by atoms with Crippen LogP contribution in [0.1, 0.15) is 41.6 Å². The lowest BCUT2D eigenvalue weighted by atomic mass is 10.1. The predicted molar refractivity (Wildman–Crippen MR) is 88.1 cm³/mol. The van der Waals surface area contributed by atoms with Gasteiger partial charge in [0.1, 0.15) is 0 Å². The van der Waals surface area contributed by atoms with Crippen LogP contribution in [-0.4, -0.2) is 43.4 Å². The first-order chi connectivity index (χ1) is 10.6. The molecule has 1 aromatic rings. The number of aryl methyl sites for hydroxylation is 1. The third kappa shape index (κ3) is 4.23. The van der Waals surface area contributed by atoms with Crippen LogP contribution in [0.25, 0.3) is 0 Å². The Balaban J connectivity index is 2.01. The molecule has 1 aromatic carbocycles. The Morgan fingerprint density at radius 3 is 2.45 bits per heavy atom. The molecule has 5 heteroatoms. The second kappa shape index (κ2) is 7.82. The summed E-state index contributed by atoms with van der Waals surface area (Å²) in [6.45, 7) is 3.86. The Hall–Kier alpha value is -2.04. The molecule has 1 aliphatic rings. The zero-order valence-corrected chi connectivity index (χ0v) is 13.4. The summed E-state index contributed by atoms with van der Waals surface area (Å²) in [6.07, 6.45) is 4.57.